The number of amides is 1. The Morgan fingerprint density at radius 1 is 1.23 bits per heavy atom. The molecule has 0 bridgehead atoms. The molecule has 0 saturated heterocycles. The third kappa shape index (κ3) is 3.58. The number of carbonyl (C=O) groups excluding carboxylic acids is 1. The van der Waals surface area contributed by atoms with Crippen molar-refractivity contribution in [3.63, 3.8) is 0 Å². The lowest BCUT2D eigenvalue weighted by Gasteiger charge is -2.14. The summed E-state index contributed by atoms with van der Waals surface area (Å²) in [6, 6.07) is 15.4. The maximum Gasteiger partial charge on any atom is 0.261 e. The fourth-order valence-electron chi connectivity index (χ4n) is 3.11. The van der Waals surface area contributed by atoms with Gasteiger partial charge in [-0.2, -0.15) is 5.10 Å². The Morgan fingerprint density at radius 2 is 2.08 bits per heavy atom. The summed E-state index contributed by atoms with van der Waals surface area (Å²) < 4.78 is 7.61. The predicted octanol–water partition coefficient (Wildman–Crippen LogP) is 3.20. The largest absolute Gasteiger partial charge is 0.480 e. The van der Waals surface area contributed by atoms with Gasteiger partial charge in [0, 0.05) is 30.4 Å². The molecule has 132 valence electrons. The molecule has 1 N–H and O–H groups in total. The molecule has 0 radical (unpaired) electrons. The van der Waals surface area contributed by atoms with Gasteiger partial charge in [-0.3, -0.25) is 9.48 Å². The number of fused-ring (bicyclic) bond motifs is 1. The monoisotopic (exact) mass is 367 g/mol. The van der Waals surface area contributed by atoms with Crippen LogP contribution in [0.4, 0.5) is 0 Å². The summed E-state index contributed by atoms with van der Waals surface area (Å²) in [5.41, 5.74) is 3.16. The van der Waals surface area contributed by atoms with E-state index in [0.29, 0.717) is 24.5 Å². The molecule has 1 unspecified atom stereocenters. The van der Waals surface area contributed by atoms with Gasteiger partial charge in [0.1, 0.15) is 5.75 Å². The van der Waals surface area contributed by atoms with Crippen molar-refractivity contribution < 1.29 is 9.53 Å². The van der Waals surface area contributed by atoms with Gasteiger partial charge in [-0.05, 0) is 41.0 Å². The van der Waals surface area contributed by atoms with Crippen LogP contribution in [0.25, 0.3) is 0 Å². The molecular weight excluding hydrogens is 350 g/mol. The molecule has 26 heavy (non-hydrogen) atoms. The Hall–Kier alpha value is -2.79. The zero-order valence-electron chi connectivity index (χ0n) is 14.1. The van der Waals surface area contributed by atoms with E-state index in [4.69, 9.17) is 16.3 Å². The minimum Gasteiger partial charge on any atom is -0.480 e. The molecule has 0 spiro atoms. The Kier molecular flexibility index (Phi) is 4.63. The van der Waals surface area contributed by atoms with Gasteiger partial charge in [0.25, 0.3) is 5.91 Å². The van der Waals surface area contributed by atoms with E-state index in [2.05, 4.69) is 10.4 Å². The summed E-state index contributed by atoms with van der Waals surface area (Å²) in [5.74, 6) is 0.611. The molecule has 0 aliphatic carbocycles. The van der Waals surface area contributed by atoms with E-state index in [1.807, 2.05) is 53.3 Å². The lowest BCUT2D eigenvalue weighted by atomic mass is 10.1. The van der Waals surface area contributed by atoms with Crippen LogP contribution in [0.5, 0.6) is 5.75 Å². The summed E-state index contributed by atoms with van der Waals surface area (Å²) in [7, 11) is 0. The molecule has 3 aromatic rings. The first kappa shape index (κ1) is 16.7. The minimum atomic E-state index is -0.512. The molecule has 0 saturated carbocycles. The van der Waals surface area contributed by atoms with E-state index in [-0.39, 0.29) is 5.91 Å². The van der Waals surface area contributed by atoms with E-state index < -0.39 is 6.10 Å². The molecule has 4 rings (SSSR count). The maximum absolute atomic E-state index is 12.5. The number of benzene rings is 2. The third-order valence-electron chi connectivity index (χ3n) is 4.45. The van der Waals surface area contributed by atoms with Gasteiger partial charge in [0.2, 0.25) is 0 Å². The molecule has 1 aliphatic rings. The molecule has 2 heterocycles. The first-order chi connectivity index (χ1) is 12.7. The minimum absolute atomic E-state index is 0.119. The Balaban J connectivity index is 1.40. The standard InChI is InChI=1S/C20H18ClN3O2/c21-17-6-7-18-16(10-17)11-19(26-18)20(25)22-12-14-4-1-2-5-15(14)13-24-9-3-8-23-24/h1-10,19H,11-13H2,(H,22,25). The quantitative estimate of drug-likeness (QED) is 0.753. The van der Waals surface area contributed by atoms with Crippen LogP contribution in [0.2, 0.25) is 5.02 Å². The van der Waals surface area contributed by atoms with Crippen LogP contribution in [0.3, 0.4) is 0 Å². The Labute approximate surface area is 156 Å². The average Bonchev–Trinajstić information content (AvgIpc) is 3.30. The van der Waals surface area contributed by atoms with Crippen molar-refractivity contribution >= 4 is 17.5 Å². The number of hydrogen-bond acceptors (Lipinski definition) is 3. The number of ether oxygens (including phenoxy) is 1. The van der Waals surface area contributed by atoms with Crippen molar-refractivity contribution in [2.75, 3.05) is 0 Å². The Morgan fingerprint density at radius 3 is 2.88 bits per heavy atom. The second kappa shape index (κ2) is 7.22. The topological polar surface area (TPSA) is 56.2 Å². The molecule has 0 fully saturated rings. The van der Waals surface area contributed by atoms with E-state index in [9.17, 15) is 4.79 Å². The highest BCUT2D eigenvalue weighted by atomic mass is 35.5. The smallest absolute Gasteiger partial charge is 0.261 e. The summed E-state index contributed by atoms with van der Waals surface area (Å²) in [4.78, 5) is 12.5. The van der Waals surface area contributed by atoms with E-state index in [1.54, 1.807) is 12.3 Å². The van der Waals surface area contributed by atoms with Gasteiger partial charge in [0.05, 0.1) is 6.54 Å². The second-order valence-electron chi connectivity index (χ2n) is 6.25. The van der Waals surface area contributed by atoms with Gasteiger partial charge in [-0.1, -0.05) is 35.9 Å². The van der Waals surface area contributed by atoms with Gasteiger partial charge < -0.3 is 10.1 Å². The summed E-state index contributed by atoms with van der Waals surface area (Å²) in [6.07, 6.45) is 3.70. The average molecular weight is 368 g/mol. The van der Waals surface area contributed by atoms with Crippen LogP contribution in [0.15, 0.2) is 60.9 Å². The molecule has 2 aromatic carbocycles. The van der Waals surface area contributed by atoms with Crippen molar-refractivity contribution in [1.82, 2.24) is 15.1 Å². The zero-order chi connectivity index (χ0) is 17.9. The van der Waals surface area contributed by atoms with Crippen LogP contribution in [-0.4, -0.2) is 21.8 Å². The highest BCUT2D eigenvalue weighted by Crippen LogP contribution is 2.31. The number of aromatic nitrogens is 2. The zero-order valence-corrected chi connectivity index (χ0v) is 14.8. The fraction of sp³-hybridized carbons (Fsp3) is 0.200. The van der Waals surface area contributed by atoms with Crippen molar-refractivity contribution in [2.24, 2.45) is 0 Å². The van der Waals surface area contributed by atoms with Crippen molar-refractivity contribution in [3.8, 4) is 5.75 Å². The summed E-state index contributed by atoms with van der Waals surface area (Å²) in [5, 5.41) is 7.88. The van der Waals surface area contributed by atoms with Gasteiger partial charge in [-0.25, -0.2) is 0 Å². The lowest BCUT2D eigenvalue weighted by Crippen LogP contribution is -2.37. The Bertz CT molecular complexity index is 925. The first-order valence-electron chi connectivity index (χ1n) is 8.46. The number of nitrogens with zero attached hydrogens (tertiary/aromatic N) is 2. The number of carbonyl (C=O) groups is 1. The SMILES string of the molecule is O=C(NCc1ccccc1Cn1cccn1)C1Cc2cc(Cl)ccc2O1. The highest BCUT2D eigenvalue weighted by Gasteiger charge is 2.29. The second-order valence-corrected chi connectivity index (χ2v) is 6.69. The molecule has 1 aliphatic heterocycles. The maximum atomic E-state index is 12.5. The van der Waals surface area contributed by atoms with Crippen LogP contribution < -0.4 is 10.1 Å². The van der Waals surface area contributed by atoms with Gasteiger partial charge in [-0.15, -0.1) is 0 Å². The first-order valence-corrected chi connectivity index (χ1v) is 8.84. The highest BCUT2D eigenvalue weighted by molar-refractivity contribution is 6.30. The number of halogens is 1. The molecular formula is C20H18ClN3O2. The number of hydrogen-bond donors (Lipinski definition) is 1. The third-order valence-corrected chi connectivity index (χ3v) is 4.69. The van der Waals surface area contributed by atoms with Crippen LogP contribution in [-0.2, 0) is 24.3 Å². The van der Waals surface area contributed by atoms with Gasteiger partial charge >= 0.3 is 0 Å². The molecule has 5 nitrogen and oxygen atoms in total. The number of nitrogens with one attached hydrogen (secondary N) is 1. The van der Waals surface area contributed by atoms with E-state index in [1.165, 1.54) is 0 Å². The van der Waals surface area contributed by atoms with Crippen molar-refractivity contribution in [3.05, 3.63) is 82.6 Å². The lowest BCUT2D eigenvalue weighted by molar-refractivity contribution is -0.127. The fourth-order valence-corrected chi connectivity index (χ4v) is 3.31. The molecule has 1 amide bonds. The van der Waals surface area contributed by atoms with Crippen molar-refractivity contribution in [2.45, 2.75) is 25.6 Å². The summed E-state index contributed by atoms with van der Waals surface area (Å²) >= 11 is 6.00. The molecule has 1 atom stereocenters. The number of rotatable bonds is 5. The van der Waals surface area contributed by atoms with Crippen LogP contribution in [0.1, 0.15) is 16.7 Å². The normalized spacial score (nSPS) is 15.3. The van der Waals surface area contributed by atoms with E-state index in [0.717, 1.165) is 22.4 Å². The van der Waals surface area contributed by atoms with Crippen LogP contribution >= 0.6 is 11.6 Å². The van der Waals surface area contributed by atoms with Gasteiger partial charge in [0.15, 0.2) is 6.10 Å². The van der Waals surface area contributed by atoms with E-state index >= 15 is 0 Å². The summed E-state index contributed by atoms with van der Waals surface area (Å²) in [6.45, 7) is 1.12. The molecule has 6 heteroatoms. The predicted molar refractivity (Wildman–Crippen MR) is 99.2 cm³/mol. The molecule has 1 aromatic heterocycles. The van der Waals surface area contributed by atoms with Crippen LogP contribution in [0, 0.1) is 0 Å². The van der Waals surface area contributed by atoms with Crippen molar-refractivity contribution in [1.29, 1.82) is 0 Å².